The standard InChI is InChI=1S/C20H25N3O6/c1-12(19(25)21-9-15-3-2-6-27-15)22-20(26)13-7-18(24)23(10-13)14-4-5-16-17(8-14)29-11-28-16/h4-5,8,12-13,15H,2-3,6-7,9-11H2,1H3,(H,21,25)(H,22,26)/t12-,13?,15?/m0/s1. The quantitative estimate of drug-likeness (QED) is 0.719. The van der Waals surface area contributed by atoms with Gasteiger partial charge in [0.1, 0.15) is 6.04 Å². The maximum atomic E-state index is 12.6. The zero-order valence-electron chi connectivity index (χ0n) is 16.3. The second-order valence-electron chi connectivity index (χ2n) is 7.55. The Balaban J connectivity index is 1.30. The molecular formula is C20H25N3O6. The zero-order chi connectivity index (χ0) is 20.4. The van der Waals surface area contributed by atoms with E-state index in [9.17, 15) is 14.4 Å². The van der Waals surface area contributed by atoms with Gasteiger partial charge in [-0.2, -0.15) is 0 Å². The molecule has 3 amide bonds. The summed E-state index contributed by atoms with van der Waals surface area (Å²) in [5.74, 6) is 0.00488. The average Bonchev–Trinajstić information content (AvgIpc) is 3.45. The van der Waals surface area contributed by atoms with E-state index in [1.807, 2.05) is 0 Å². The average molecular weight is 403 g/mol. The molecule has 4 rings (SSSR count). The summed E-state index contributed by atoms with van der Waals surface area (Å²) in [5.41, 5.74) is 0.664. The summed E-state index contributed by atoms with van der Waals surface area (Å²) in [6, 6.07) is 4.58. The van der Waals surface area contributed by atoms with Crippen molar-refractivity contribution in [3.8, 4) is 11.5 Å². The number of amides is 3. The number of fused-ring (bicyclic) bond motifs is 1. The summed E-state index contributed by atoms with van der Waals surface area (Å²) in [5, 5.41) is 5.52. The molecule has 3 heterocycles. The maximum Gasteiger partial charge on any atom is 0.242 e. The molecule has 0 bridgehead atoms. The third kappa shape index (κ3) is 4.29. The SMILES string of the molecule is C[C@H](NC(=O)C1CC(=O)N(c2ccc3c(c2)OCO3)C1)C(=O)NCC1CCCO1. The number of anilines is 1. The minimum Gasteiger partial charge on any atom is -0.454 e. The van der Waals surface area contributed by atoms with E-state index < -0.39 is 12.0 Å². The van der Waals surface area contributed by atoms with Crippen molar-refractivity contribution >= 4 is 23.4 Å². The number of nitrogens with zero attached hydrogens (tertiary/aromatic N) is 1. The number of hydrogen-bond acceptors (Lipinski definition) is 6. The van der Waals surface area contributed by atoms with Crippen LogP contribution in [0.25, 0.3) is 0 Å². The number of rotatable bonds is 6. The lowest BCUT2D eigenvalue weighted by atomic mass is 10.1. The van der Waals surface area contributed by atoms with Gasteiger partial charge in [0.2, 0.25) is 24.5 Å². The molecule has 0 aromatic heterocycles. The van der Waals surface area contributed by atoms with Crippen LogP contribution >= 0.6 is 0 Å². The van der Waals surface area contributed by atoms with Crippen molar-refractivity contribution < 1.29 is 28.6 Å². The summed E-state index contributed by atoms with van der Waals surface area (Å²) in [6.07, 6.45) is 2.08. The number of ether oxygens (including phenoxy) is 3. The van der Waals surface area contributed by atoms with Gasteiger partial charge >= 0.3 is 0 Å². The van der Waals surface area contributed by atoms with Gasteiger partial charge in [0.05, 0.1) is 12.0 Å². The Kier molecular flexibility index (Phi) is 5.57. The first-order chi connectivity index (χ1) is 14.0. The molecule has 9 heteroatoms. The van der Waals surface area contributed by atoms with Gasteiger partial charge in [0.15, 0.2) is 11.5 Å². The van der Waals surface area contributed by atoms with Crippen molar-refractivity contribution in [1.29, 1.82) is 0 Å². The van der Waals surface area contributed by atoms with E-state index in [2.05, 4.69) is 10.6 Å². The minimum atomic E-state index is -0.682. The van der Waals surface area contributed by atoms with Gasteiger partial charge in [-0.3, -0.25) is 14.4 Å². The molecule has 156 valence electrons. The molecule has 29 heavy (non-hydrogen) atoms. The highest BCUT2D eigenvalue weighted by Gasteiger charge is 2.36. The highest BCUT2D eigenvalue weighted by molar-refractivity contribution is 6.01. The van der Waals surface area contributed by atoms with Crippen LogP contribution in [0.3, 0.4) is 0 Å². The third-order valence-corrected chi connectivity index (χ3v) is 5.44. The monoisotopic (exact) mass is 403 g/mol. The van der Waals surface area contributed by atoms with E-state index >= 15 is 0 Å². The second-order valence-corrected chi connectivity index (χ2v) is 7.55. The smallest absolute Gasteiger partial charge is 0.242 e. The fourth-order valence-electron chi connectivity index (χ4n) is 3.76. The first kappa shape index (κ1) is 19.5. The van der Waals surface area contributed by atoms with E-state index in [0.717, 1.165) is 19.4 Å². The fourth-order valence-corrected chi connectivity index (χ4v) is 3.76. The van der Waals surface area contributed by atoms with Crippen LogP contribution in [-0.4, -0.2) is 56.4 Å². The van der Waals surface area contributed by atoms with Gasteiger partial charge in [-0.1, -0.05) is 0 Å². The van der Waals surface area contributed by atoms with E-state index in [1.54, 1.807) is 30.0 Å². The molecule has 2 fully saturated rings. The molecule has 3 aliphatic rings. The molecule has 0 aliphatic carbocycles. The van der Waals surface area contributed by atoms with E-state index in [-0.39, 0.29) is 43.6 Å². The second kappa shape index (κ2) is 8.28. The van der Waals surface area contributed by atoms with E-state index in [1.165, 1.54) is 0 Å². The van der Waals surface area contributed by atoms with Crippen LogP contribution in [0.4, 0.5) is 5.69 Å². The van der Waals surface area contributed by atoms with Crippen molar-refractivity contribution in [1.82, 2.24) is 10.6 Å². The number of carbonyl (C=O) groups is 3. The summed E-state index contributed by atoms with van der Waals surface area (Å²) in [4.78, 5) is 38.8. The fraction of sp³-hybridized carbons (Fsp3) is 0.550. The van der Waals surface area contributed by atoms with Crippen molar-refractivity contribution in [3.63, 3.8) is 0 Å². The molecule has 2 unspecified atom stereocenters. The molecule has 2 saturated heterocycles. The van der Waals surface area contributed by atoms with Gasteiger partial charge in [0, 0.05) is 37.9 Å². The highest BCUT2D eigenvalue weighted by atomic mass is 16.7. The number of carbonyl (C=O) groups excluding carboxylic acids is 3. The van der Waals surface area contributed by atoms with Crippen molar-refractivity contribution in [2.45, 2.75) is 38.3 Å². The maximum absolute atomic E-state index is 12.6. The zero-order valence-corrected chi connectivity index (χ0v) is 16.3. The van der Waals surface area contributed by atoms with Crippen LogP contribution in [0, 0.1) is 5.92 Å². The van der Waals surface area contributed by atoms with Crippen LogP contribution in [0.1, 0.15) is 26.2 Å². The van der Waals surface area contributed by atoms with Gasteiger partial charge in [-0.25, -0.2) is 0 Å². The first-order valence-corrected chi connectivity index (χ1v) is 9.91. The predicted octanol–water partition coefficient (Wildman–Crippen LogP) is 0.568. The summed E-state index contributed by atoms with van der Waals surface area (Å²) < 4.78 is 16.1. The molecule has 0 saturated carbocycles. The normalized spacial score (nSPS) is 23.9. The number of nitrogens with one attached hydrogen (secondary N) is 2. The molecule has 1 aromatic carbocycles. The molecule has 0 spiro atoms. The number of benzene rings is 1. The summed E-state index contributed by atoms with van der Waals surface area (Å²) in [6.45, 7) is 3.22. The molecule has 3 aliphatic heterocycles. The Bertz CT molecular complexity index is 807. The van der Waals surface area contributed by atoms with Crippen molar-refractivity contribution in [3.05, 3.63) is 18.2 Å². The van der Waals surface area contributed by atoms with Crippen molar-refractivity contribution in [2.24, 2.45) is 5.92 Å². The Morgan fingerprint density at radius 2 is 2.10 bits per heavy atom. The van der Waals surface area contributed by atoms with Crippen LogP contribution in [0.2, 0.25) is 0 Å². The van der Waals surface area contributed by atoms with Crippen LogP contribution in [-0.2, 0) is 19.1 Å². The molecule has 2 N–H and O–H groups in total. The highest BCUT2D eigenvalue weighted by Crippen LogP contribution is 2.37. The largest absolute Gasteiger partial charge is 0.454 e. The lowest BCUT2D eigenvalue weighted by molar-refractivity contribution is -0.131. The van der Waals surface area contributed by atoms with Gasteiger partial charge in [0.25, 0.3) is 0 Å². The first-order valence-electron chi connectivity index (χ1n) is 9.91. The third-order valence-electron chi connectivity index (χ3n) is 5.44. The lowest BCUT2D eigenvalue weighted by Crippen LogP contribution is -2.48. The van der Waals surface area contributed by atoms with E-state index in [0.29, 0.717) is 23.7 Å². The van der Waals surface area contributed by atoms with Gasteiger partial charge in [-0.05, 0) is 31.9 Å². The molecule has 0 radical (unpaired) electrons. The van der Waals surface area contributed by atoms with Gasteiger partial charge in [-0.15, -0.1) is 0 Å². The van der Waals surface area contributed by atoms with Crippen LogP contribution < -0.4 is 25.0 Å². The Morgan fingerprint density at radius 1 is 1.28 bits per heavy atom. The predicted molar refractivity (Wildman–Crippen MR) is 103 cm³/mol. The topological polar surface area (TPSA) is 106 Å². The van der Waals surface area contributed by atoms with E-state index in [4.69, 9.17) is 14.2 Å². The summed E-state index contributed by atoms with van der Waals surface area (Å²) in [7, 11) is 0. The Hall–Kier alpha value is -2.81. The van der Waals surface area contributed by atoms with Crippen LogP contribution in [0.15, 0.2) is 18.2 Å². The molecule has 1 aromatic rings. The molecular weight excluding hydrogens is 378 g/mol. The number of hydrogen-bond donors (Lipinski definition) is 2. The van der Waals surface area contributed by atoms with Crippen molar-refractivity contribution in [2.75, 3.05) is 31.4 Å². The van der Waals surface area contributed by atoms with Crippen LogP contribution in [0.5, 0.6) is 11.5 Å². The van der Waals surface area contributed by atoms with Gasteiger partial charge < -0.3 is 29.7 Å². The Labute approximate surface area is 168 Å². The molecule has 9 nitrogen and oxygen atoms in total. The molecule has 3 atom stereocenters. The minimum absolute atomic E-state index is 0.0459. The summed E-state index contributed by atoms with van der Waals surface area (Å²) >= 11 is 0. The Morgan fingerprint density at radius 3 is 2.90 bits per heavy atom. The lowest BCUT2D eigenvalue weighted by Gasteiger charge is -2.19.